The topological polar surface area (TPSA) is 173 Å². The summed E-state index contributed by atoms with van der Waals surface area (Å²) in [4.78, 5) is 64.5. The standard InChI is InChI=1S/C30H36O13/c1-12(31)38-15-10-27(5)22(14-7-20(34)40-24(14)35)41-25(36)23-30(27,43-23)28(6)17(39-13(2)32)8-16-26(3,4)42-18-9-19(33)37-11-29(16,18)21(15)28/h7,15-18,20-23,34H,8-11H2,1-6H3/t15-,16-,17+,18-,20-,21-,22-,23+,27-,28+,29+,30+/m0/s1. The van der Waals surface area contributed by atoms with E-state index in [9.17, 15) is 29.1 Å². The average Bonchev–Trinajstić information content (AvgIpc) is 3.52. The summed E-state index contributed by atoms with van der Waals surface area (Å²) in [5.41, 5.74) is -5.54. The fraction of sp³-hybridized carbons (Fsp3) is 0.767. The molecular weight excluding hydrogens is 568 g/mol. The van der Waals surface area contributed by atoms with Crippen LogP contribution in [-0.4, -0.2) is 89.6 Å². The number of cyclic esters (lactones) is 3. The highest BCUT2D eigenvalue weighted by Crippen LogP contribution is 2.80. The van der Waals surface area contributed by atoms with Crippen molar-refractivity contribution >= 4 is 29.8 Å². The van der Waals surface area contributed by atoms with Crippen LogP contribution >= 0.6 is 0 Å². The third-order valence-electron chi connectivity index (χ3n) is 11.7. The van der Waals surface area contributed by atoms with Crippen LogP contribution in [0.5, 0.6) is 0 Å². The molecule has 43 heavy (non-hydrogen) atoms. The van der Waals surface area contributed by atoms with Gasteiger partial charge in [-0.25, -0.2) is 9.59 Å². The Morgan fingerprint density at radius 1 is 0.977 bits per heavy atom. The van der Waals surface area contributed by atoms with E-state index in [0.717, 1.165) is 0 Å². The van der Waals surface area contributed by atoms with E-state index in [2.05, 4.69) is 0 Å². The molecule has 2 aliphatic carbocycles. The van der Waals surface area contributed by atoms with Crippen LogP contribution in [0.15, 0.2) is 11.6 Å². The van der Waals surface area contributed by atoms with Gasteiger partial charge in [0.05, 0.1) is 23.7 Å². The molecule has 0 amide bonds. The van der Waals surface area contributed by atoms with E-state index in [1.807, 2.05) is 20.8 Å². The summed E-state index contributed by atoms with van der Waals surface area (Å²) >= 11 is 0. The van der Waals surface area contributed by atoms with Gasteiger partial charge in [0.15, 0.2) is 6.10 Å². The number of carbonyl (C=O) groups excluding carboxylic acids is 5. The Morgan fingerprint density at radius 3 is 2.30 bits per heavy atom. The molecule has 13 heteroatoms. The van der Waals surface area contributed by atoms with E-state index in [4.69, 9.17) is 33.2 Å². The highest BCUT2D eigenvalue weighted by Gasteiger charge is 2.92. The number of rotatable bonds is 3. The van der Waals surface area contributed by atoms with Crippen molar-refractivity contribution in [2.75, 3.05) is 6.61 Å². The van der Waals surface area contributed by atoms with Crippen molar-refractivity contribution in [3.8, 4) is 0 Å². The van der Waals surface area contributed by atoms with Crippen molar-refractivity contribution in [1.82, 2.24) is 0 Å². The molecule has 7 rings (SSSR count). The van der Waals surface area contributed by atoms with Crippen LogP contribution in [0.1, 0.15) is 60.8 Å². The van der Waals surface area contributed by atoms with Gasteiger partial charge in [-0.3, -0.25) is 14.4 Å². The van der Waals surface area contributed by atoms with Crippen molar-refractivity contribution in [1.29, 1.82) is 0 Å². The third-order valence-corrected chi connectivity index (χ3v) is 11.7. The summed E-state index contributed by atoms with van der Waals surface area (Å²) in [6, 6.07) is 0. The molecule has 4 saturated heterocycles. The van der Waals surface area contributed by atoms with Gasteiger partial charge in [0.1, 0.15) is 30.5 Å². The normalized spacial score (nSPS) is 50.3. The molecule has 0 unspecified atom stereocenters. The first-order valence-electron chi connectivity index (χ1n) is 14.7. The van der Waals surface area contributed by atoms with E-state index in [0.29, 0.717) is 0 Å². The minimum atomic E-state index is -1.52. The van der Waals surface area contributed by atoms with Gasteiger partial charge < -0.3 is 38.3 Å². The first-order chi connectivity index (χ1) is 20.0. The predicted molar refractivity (Wildman–Crippen MR) is 138 cm³/mol. The molecule has 5 heterocycles. The molecule has 0 aromatic rings. The molecule has 1 N–H and O–H groups in total. The maximum Gasteiger partial charge on any atom is 0.340 e. The maximum absolute atomic E-state index is 13.6. The van der Waals surface area contributed by atoms with Crippen LogP contribution in [0.4, 0.5) is 0 Å². The van der Waals surface area contributed by atoms with E-state index in [1.54, 1.807) is 6.92 Å². The van der Waals surface area contributed by atoms with Crippen molar-refractivity contribution in [3.63, 3.8) is 0 Å². The van der Waals surface area contributed by atoms with Crippen LogP contribution < -0.4 is 0 Å². The molecule has 0 aromatic heterocycles. The van der Waals surface area contributed by atoms with Gasteiger partial charge in [0, 0.05) is 41.9 Å². The molecule has 12 atom stereocenters. The predicted octanol–water partition coefficient (Wildman–Crippen LogP) is 0.878. The Morgan fingerprint density at radius 2 is 1.67 bits per heavy atom. The van der Waals surface area contributed by atoms with Crippen LogP contribution in [-0.2, 0) is 57.1 Å². The summed E-state index contributed by atoms with van der Waals surface area (Å²) in [5, 5.41) is 10.1. The first-order valence-corrected chi connectivity index (χ1v) is 14.7. The molecule has 0 aromatic carbocycles. The molecule has 0 bridgehead atoms. The highest BCUT2D eigenvalue weighted by molar-refractivity contribution is 5.94. The minimum Gasteiger partial charge on any atom is -0.465 e. The number of epoxide rings is 1. The molecule has 6 fully saturated rings. The Balaban J connectivity index is 1.48. The second-order valence-corrected chi connectivity index (χ2v) is 14.1. The molecule has 13 nitrogen and oxygen atoms in total. The number of hydrogen-bond acceptors (Lipinski definition) is 13. The molecule has 0 radical (unpaired) electrons. The summed E-state index contributed by atoms with van der Waals surface area (Å²) in [5.74, 6) is -4.05. The fourth-order valence-electron chi connectivity index (χ4n) is 10.6. The maximum atomic E-state index is 13.6. The number of aliphatic hydroxyl groups is 1. The van der Waals surface area contributed by atoms with Crippen LogP contribution in [0.25, 0.3) is 0 Å². The van der Waals surface area contributed by atoms with Gasteiger partial charge in [-0.1, -0.05) is 13.8 Å². The average molecular weight is 605 g/mol. The van der Waals surface area contributed by atoms with Gasteiger partial charge in [-0.2, -0.15) is 0 Å². The molecule has 7 aliphatic rings. The Bertz CT molecular complexity index is 1390. The Hall–Kier alpha value is -3.03. The Labute approximate surface area is 247 Å². The number of aliphatic hydroxyl groups excluding tert-OH is 1. The lowest BCUT2D eigenvalue weighted by Crippen LogP contribution is -2.78. The summed E-state index contributed by atoms with van der Waals surface area (Å²) in [7, 11) is 0. The molecule has 234 valence electrons. The minimum absolute atomic E-state index is 0.0205. The largest absolute Gasteiger partial charge is 0.465 e. The van der Waals surface area contributed by atoms with Crippen molar-refractivity contribution in [3.05, 3.63) is 11.6 Å². The second-order valence-electron chi connectivity index (χ2n) is 14.1. The fourth-order valence-corrected chi connectivity index (χ4v) is 10.6. The van der Waals surface area contributed by atoms with E-state index in [1.165, 1.54) is 19.9 Å². The quantitative estimate of drug-likeness (QED) is 0.273. The van der Waals surface area contributed by atoms with Crippen LogP contribution in [0.3, 0.4) is 0 Å². The molecule has 2 saturated carbocycles. The lowest BCUT2D eigenvalue weighted by atomic mass is 9.36. The molecular formula is C30H36O13. The smallest absolute Gasteiger partial charge is 0.340 e. The second kappa shape index (κ2) is 8.57. The number of ether oxygens (including phenoxy) is 7. The zero-order chi connectivity index (χ0) is 31.1. The van der Waals surface area contributed by atoms with E-state index in [-0.39, 0.29) is 37.4 Å². The SMILES string of the molecule is CC(=O)O[C@H]1C[C@@]2(C)[C@H](C3=C[C@@H](O)OC3=O)OC(=O)[C@H]3O[C@]32[C@@]2(C)[C@H]1[C@@]13COC(=O)C[C@@H]1OC(C)(C)[C@@H]3C[C@H]2OC(C)=O. The monoisotopic (exact) mass is 604 g/mol. The summed E-state index contributed by atoms with van der Waals surface area (Å²) in [6.07, 6.45) is -4.64. The van der Waals surface area contributed by atoms with Gasteiger partial charge >= 0.3 is 29.8 Å². The zero-order valence-electron chi connectivity index (χ0n) is 24.9. The number of carbonyl (C=O) groups is 5. The van der Waals surface area contributed by atoms with Crippen LogP contribution in [0, 0.1) is 28.1 Å². The Kier molecular flexibility index (Phi) is 5.72. The summed E-state index contributed by atoms with van der Waals surface area (Å²) < 4.78 is 41.9. The van der Waals surface area contributed by atoms with Gasteiger partial charge in [-0.05, 0) is 32.8 Å². The van der Waals surface area contributed by atoms with Gasteiger partial charge in [0.25, 0.3) is 0 Å². The van der Waals surface area contributed by atoms with Gasteiger partial charge in [0.2, 0.25) is 6.29 Å². The highest BCUT2D eigenvalue weighted by atomic mass is 16.7. The van der Waals surface area contributed by atoms with E-state index >= 15 is 0 Å². The number of esters is 5. The third kappa shape index (κ3) is 3.36. The molecule has 2 spiro atoms. The number of hydrogen-bond donors (Lipinski definition) is 1. The van der Waals surface area contributed by atoms with Crippen molar-refractivity contribution in [2.24, 2.45) is 28.1 Å². The zero-order valence-corrected chi connectivity index (χ0v) is 24.9. The number of fused-ring (bicyclic) bond motifs is 1. The van der Waals surface area contributed by atoms with Crippen molar-refractivity contribution < 1.29 is 62.2 Å². The lowest BCUT2D eigenvalue weighted by molar-refractivity contribution is -0.290. The molecule has 5 aliphatic heterocycles. The van der Waals surface area contributed by atoms with Crippen molar-refractivity contribution in [2.45, 2.75) is 109 Å². The van der Waals surface area contributed by atoms with Gasteiger partial charge in [-0.15, -0.1) is 0 Å². The first kappa shape index (κ1) is 28.7. The van der Waals surface area contributed by atoms with Crippen LogP contribution in [0.2, 0.25) is 0 Å². The van der Waals surface area contributed by atoms with E-state index < -0.39 is 100 Å². The lowest BCUT2D eigenvalue weighted by Gasteiger charge is -2.68. The summed E-state index contributed by atoms with van der Waals surface area (Å²) in [6.45, 7) is 10.1.